The summed E-state index contributed by atoms with van der Waals surface area (Å²) in [6.07, 6.45) is 14.1. The molecule has 0 aromatic carbocycles. The van der Waals surface area contributed by atoms with Crippen LogP contribution in [0.4, 0.5) is 0 Å². The van der Waals surface area contributed by atoms with Crippen molar-refractivity contribution in [1.29, 1.82) is 0 Å². The molecule has 8 rings (SSSR count). The Morgan fingerprint density at radius 2 is 1.45 bits per heavy atom. The molecule has 1 saturated heterocycles. The van der Waals surface area contributed by atoms with Crippen LogP contribution in [0.15, 0.2) is 0 Å². The molecule has 56 heavy (non-hydrogen) atoms. The molecule has 318 valence electrons. The maximum atomic E-state index is 13.7. The molecule has 0 bridgehead atoms. The molecule has 8 fully saturated rings. The minimum Gasteiger partial charge on any atom is -0.481 e. The van der Waals surface area contributed by atoms with Crippen LogP contribution in [-0.2, 0) is 24.2 Å². The smallest absolute Gasteiger partial charge is 0.309 e. The van der Waals surface area contributed by atoms with Crippen LogP contribution in [0.25, 0.3) is 0 Å². The molecule has 0 aromatic heterocycles. The van der Waals surface area contributed by atoms with E-state index in [9.17, 15) is 28.2 Å². The highest BCUT2D eigenvalue weighted by Crippen LogP contribution is 2.78. The minimum atomic E-state index is -2.99. The zero-order valence-electron chi connectivity index (χ0n) is 36.3. The van der Waals surface area contributed by atoms with Gasteiger partial charge in [0, 0.05) is 36.6 Å². The van der Waals surface area contributed by atoms with Crippen LogP contribution in [0.5, 0.6) is 0 Å². The fourth-order valence-corrected chi connectivity index (χ4v) is 17.6. The van der Waals surface area contributed by atoms with Gasteiger partial charge < -0.3 is 20.3 Å². The normalized spacial score (nSPS) is 48.1. The molecule has 0 amide bonds. The van der Waals surface area contributed by atoms with Crippen LogP contribution < -0.4 is 5.32 Å². The molecule has 1 aliphatic heterocycles. The number of carbonyl (C=O) groups is 2. The fraction of sp³-hybridized carbons (Fsp3) is 0.957. The molecule has 0 unspecified atom stereocenters. The monoisotopic (exact) mass is 801 g/mol. The summed E-state index contributed by atoms with van der Waals surface area (Å²) < 4.78 is 31.0. The fourth-order valence-electron chi connectivity index (χ4n) is 16.4. The summed E-state index contributed by atoms with van der Waals surface area (Å²) in [6.45, 7) is 22.7. The molecule has 9 nitrogen and oxygen atoms in total. The Hall–Kier alpha value is -1.23. The average molecular weight is 801 g/mol. The summed E-state index contributed by atoms with van der Waals surface area (Å²) in [5.74, 6) is 1.54. The van der Waals surface area contributed by atoms with E-state index in [1.54, 1.807) is 0 Å². The molecule has 0 spiro atoms. The van der Waals surface area contributed by atoms with Gasteiger partial charge >= 0.3 is 11.9 Å². The zero-order chi connectivity index (χ0) is 40.6. The number of ether oxygens (including phenoxy) is 1. The summed E-state index contributed by atoms with van der Waals surface area (Å²) >= 11 is 0. The number of nitrogens with one attached hydrogen (secondary N) is 1. The van der Waals surface area contributed by atoms with Gasteiger partial charge in [-0.25, -0.2) is 8.42 Å². The van der Waals surface area contributed by atoms with E-state index in [2.05, 4.69) is 51.8 Å². The lowest BCUT2D eigenvalue weighted by atomic mass is 9.32. The summed E-state index contributed by atoms with van der Waals surface area (Å²) in [4.78, 5) is 27.7. The molecule has 7 aliphatic carbocycles. The van der Waals surface area contributed by atoms with Crippen molar-refractivity contribution in [2.75, 3.05) is 31.1 Å². The summed E-state index contributed by atoms with van der Waals surface area (Å²) in [5.41, 5.74) is 0.343. The number of aliphatic carboxylic acids is 1. The van der Waals surface area contributed by atoms with Crippen molar-refractivity contribution in [3.63, 3.8) is 0 Å². The van der Waals surface area contributed by atoms with E-state index < -0.39 is 33.2 Å². The number of sulfone groups is 1. The standard InChI is InChI=1S/C46H76N2O7S/c1-28(49)33(48-22-24-56(53,54)25-23-48)27-47-46-17-12-29(42(6)18-19-42)37(46)30-10-11-35-43(7)15-14-36(55-39(52)32-26-31(38(50)51)40(32,2)3)41(4,5)34(43)13-16-45(35,9)44(30,8)20-21-46/h28-37,47,49H,10-27H2,1-9H3,(H,50,51)/t28-,29-,30-,31+,32-,33+,34+,35-,36+,37-,43+,44-,45-,46+/m1/s1. The van der Waals surface area contributed by atoms with Gasteiger partial charge in [0.1, 0.15) is 6.10 Å². The maximum Gasteiger partial charge on any atom is 0.309 e. The Morgan fingerprint density at radius 1 is 0.768 bits per heavy atom. The highest BCUT2D eigenvalue weighted by Gasteiger charge is 2.72. The van der Waals surface area contributed by atoms with E-state index in [4.69, 9.17) is 4.74 Å². The quantitative estimate of drug-likeness (QED) is 0.205. The largest absolute Gasteiger partial charge is 0.481 e. The zero-order valence-corrected chi connectivity index (χ0v) is 37.1. The molecular formula is C46H76N2O7S. The van der Waals surface area contributed by atoms with Crippen molar-refractivity contribution in [1.82, 2.24) is 10.2 Å². The predicted octanol–water partition coefficient (Wildman–Crippen LogP) is 7.35. The number of fused-ring (bicyclic) bond motifs is 7. The van der Waals surface area contributed by atoms with Gasteiger partial charge in [-0.3, -0.25) is 14.5 Å². The summed E-state index contributed by atoms with van der Waals surface area (Å²) in [7, 11) is -2.99. The van der Waals surface area contributed by atoms with E-state index in [0.29, 0.717) is 61.1 Å². The van der Waals surface area contributed by atoms with E-state index in [1.165, 1.54) is 57.8 Å². The number of aliphatic hydroxyl groups is 1. The number of rotatable bonds is 9. The lowest BCUT2D eigenvalue weighted by molar-refractivity contribution is -0.250. The lowest BCUT2D eigenvalue weighted by Crippen LogP contribution is -2.69. The number of hydrogen-bond donors (Lipinski definition) is 3. The van der Waals surface area contributed by atoms with Crippen LogP contribution in [-0.4, -0.2) is 90.4 Å². The highest BCUT2D eigenvalue weighted by atomic mass is 32.2. The van der Waals surface area contributed by atoms with E-state index in [0.717, 1.165) is 19.3 Å². The van der Waals surface area contributed by atoms with E-state index in [-0.39, 0.29) is 62.7 Å². The van der Waals surface area contributed by atoms with Crippen LogP contribution in [0, 0.1) is 73.9 Å². The van der Waals surface area contributed by atoms with Crippen LogP contribution in [0.3, 0.4) is 0 Å². The second-order valence-corrected chi connectivity index (χ2v) is 25.6. The van der Waals surface area contributed by atoms with E-state index >= 15 is 0 Å². The predicted molar refractivity (Wildman–Crippen MR) is 218 cm³/mol. The van der Waals surface area contributed by atoms with Gasteiger partial charge in [0.2, 0.25) is 0 Å². The Morgan fingerprint density at radius 3 is 2.05 bits per heavy atom. The first-order chi connectivity index (χ1) is 26.0. The highest BCUT2D eigenvalue weighted by molar-refractivity contribution is 7.91. The molecule has 0 radical (unpaired) electrons. The number of carbonyl (C=O) groups excluding carboxylic acids is 1. The molecule has 10 heteroatoms. The van der Waals surface area contributed by atoms with Gasteiger partial charge in [0.15, 0.2) is 9.84 Å². The third-order valence-corrected chi connectivity index (χ3v) is 22.1. The summed E-state index contributed by atoms with van der Waals surface area (Å²) in [6, 6.07) is -0.0903. The van der Waals surface area contributed by atoms with Gasteiger partial charge in [-0.1, -0.05) is 55.4 Å². The second kappa shape index (κ2) is 13.4. The molecule has 14 atom stereocenters. The molecule has 7 saturated carbocycles. The average Bonchev–Trinajstić information content (AvgIpc) is 3.72. The van der Waals surface area contributed by atoms with Crippen molar-refractivity contribution in [3.05, 3.63) is 0 Å². The van der Waals surface area contributed by atoms with Gasteiger partial charge in [-0.05, 0) is 147 Å². The third-order valence-electron chi connectivity index (χ3n) is 20.5. The molecule has 1 heterocycles. The second-order valence-electron chi connectivity index (χ2n) is 23.3. The molecule has 3 N–H and O–H groups in total. The van der Waals surface area contributed by atoms with Crippen molar-refractivity contribution < 1.29 is 33.0 Å². The van der Waals surface area contributed by atoms with Crippen molar-refractivity contribution in [2.24, 2.45) is 73.9 Å². The first kappa shape index (κ1) is 41.5. The van der Waals surface area contributed by atoms with Crippen molar-refractivity contribution in [3.8, 4) is 0 Å². The molecule has 8 aliphatic rings. The maximum absolute atomic E-state index is 13.7. The lowest BCUT2D eigenvalue weighted by Gasteiger charge is -2.73. The number of hydrogen-bond acceptors (Lipinski definition) is 8. The topological polar surface area (TPSA) is 133 Å². The third kappa shape index (κ3) is 6.06. The van der Waals surface area contributed by atoms with Gasteiger partial charge in [-0.2, -0.15) is 0 Å². The molecular weight excluding hydrogens is 725 g/mol. The Bertz CT molecular complexity index is 1680. The van der Waals surface area contributed by atoms with Gasteiger partial charge in [0.25, 0.3) is 0 Å². The SMILES string of the molecule is C[C@@H](O)[C@H](CN[C@]12CC[C@@H](C3(C)CC3)[C@@H]1[C@H]1CC[C@@H]3[C@@]4(C)CC[C@H](OC(=O)[C@H]5C[C@@H](C(=O)O)C5(C)C)C(C)(C)[C@@H]4CC[C@@]3(C)[C@]1(C)CC2)N1CCS(=O)(=O)CC1. The van der Waals surface area contributed by atoms with Gasteiger partial charge in [0.05, 0.1) is 29.4 Å². The number of carboxylic acids is 1. The number of aliphatic hydroxyl groups excluding tert-OH is 1. The van der Waals surface area contributed by atoms with Crippen molar-refractivity contribution in [2.45, 2.75) is 170 Å². The Kier molecular flexibility index (Phi) is 9.92. The first-order valence-electron chi connectivity index (χ1n) is 22.8. The van der Waals surface area contributed by atoms with Gasteiger partial charge in [-0.15, -0.1) is 0 Å². The molecule has 0 aromatic rings. The van der Waals surface area contributed by atoms with Crippen molar-refractivity contribution >= 4 is 21.8 Å². The number of nitrogens with zero attached hydrogens (tertiary/aromatic N) is 1. The first-order valence-corrected chi connectivity index (χ1v) is 24.6. The summed E-state index contributed by atoms with van der Waals surface area (Å²) in [5, 5.41) is 25.0. The Balaban J connectivity index is 1.02. The van der Waals surface area contributed by atoms with Crippen LogP contribution >= 0.6 is 0 Å². The number of carboxylic acid groups (broad SMARTS) is 1. The van der Waals surface area contributed by atoms with E-state index in [1.807, 2.05) is 20.8 Å². The van der Waals surface area contributed by atoms with Crippen LogP contribution in [0.2, 0.25) is 0 Å². The Labute approximate surface area is 338 Å². The minimum absolute atomic E-state index is 0.0587. The van der Waals surface area contributed by atoms with Crippen LogP contribution in [0.1, 0.15) is 146 Å². The number of esters is 1.